The smallest absolute Gasteiger partial charge is 0.280 e. The molecule has 180 valence electrons. The number of nitrogens with zero attached hydrogens (tertiary/aromatic N) is 2. The van der Waals surface area contributed by atoms with Crippen molar-refractivity contribution in [3.8, 4) is 5.75 Å². The van der Waals surface area contributed by atoms with Crippen LogP contribution in [0.1, 0.15) is 18.1 Å². The summed E-state index contributed by atoms with van der Waals surface area (Å²) in [6.45, 7) is 1.58. The van der Waals surface area contributed by atoms with Crippen LogP contribution in [0.15, 0.2) is 57.6 Å². The number of anilines is 1. The quantitative estimate of drug-likeness (QED) is 0.141. The fraction of sp³-hybridized carbons (Fsp3) is 0.0833. The van der Waals surface area contributed by atoms with Gasteiger partial charge < -0.3 is 4.74 Å². The Morgan fingerprint density at radius 3 is 2.26 bits per heavy atom. The lowest BCUT2D eigenvalue weighted by molar-refractivity contribution is -0.114. The van der Waals surface area contributed by atoms with Crippen LogP contribution in [0.3, 0.4) is 0 Å². The Labute approximate surface area is 209 Å². The van der Waals surface area contributed by atoms with Crippen LogP contribution in [-0.4, -0.2) is 11.6 Å². The van der Waals surface area contributed by atoms with Gasteiger partial charge in [-0.15, -0.1) is 0 Å². The summed E-state index contributed by atoms with van der Waals surface area (Å²) in [6.07, 6.45) is 1.37. The molecule has 0 unspecified atom stereocenters. The number of hydrogen-bond acceptors (Lipinski definition) is 3. The molecule has 0 atom stereocenters. The summed E-state index contributed by atoms with van der Waals surface area (Å²) in [6, 6.07) is 12.0. The van der Waals surface area contributed by atoms with E-state index >= 15 is 0 Å². The molecule has 0 saturated heterocycles. The van der Waals surface area contributed by atoms with Crippen molar-refractivity contribution in [1.82, 2.24) is 0 Å². The lowest BCUT2D eigenvalue weighted by Crippen LogP contribution is -2.25. The third kappa shape index (κ3) is 4.68. The minimum absolute atomic E-state index is 0.0223. The van der Waals surface area contributed by atoms with Crippen LogP contribution in [0.25, 0.3) is 6.08 Å². The maximum absolute atomic E-state index is 14.2. The van der Waals surface area contributed by atoms with Gasteiger partial charge in [0, 0.05) is 10.6 Å². The zero-order valence-electron chi connectivity index (χ0n) is 17.7. The molecule has 4 nitrogen and oxygen atoms in total. The molecule has 0 fully saturated rings. The van der Waals surface area contributed by atoms with Gasteiger partial charge >= 0.3 is 0 Å². The third-order valence-electron chi connectivity index (χ3n) is 5.07. The van der Waals surface area contributed by atoms with Gasteiger partial charge in [0.2, 0.25) is 5.82 Å². The van der Waals surface area contributed by atoms with E-state index in [1.165, 1.54) is 13.0 Å². The fourth-order valence-corrected chi connectivity index (χ4v) is 3.98. The van der Waals surface area contributed by atoms with Crippen LogP contribution in [0.5, 0.6) is 5.75 Å². The number of carbonyl (C=O) groups is 1. The monoisotopic (exact) mass is 570 g/mol. The lowest BCUT2D eigenvalue weighted by atomic mass is 10.1. The van der Waals surface area contributed by atoms with Crippen molar-refractivity contribution in [2.24, 2.45) is 5.10 Å². The molecule has 0 aliphatic carbocycles. The van der Waals surface area contributed by atoms with Crippen molar-refractivity contribution < 1.29 is 31.5 Å². The van der Waals surface area contributed by atoms with Crippen LogP contribution >= 0.6 is 27.5 Å². The molecule has 3 aromatic rings. The zero-order chi connectivity index (χ0) is 25.4. The highest BCUT2D eigenvalue weighted by Crippen LogP contribution is 2.35. The second-order valence-electron chi connectivity index (χ2n) is 7.35. The topological polar surface area (TPSA) is 41.9 Å². The first-order valence-corrected chi connectivity index (χ1v) is 11.1. The Morgan fingerprint density at radius 1 is 1.00 bits per heavy atom. The summed E-state index contributed by atoms with van der Waals surface area (Å²) in [7, 11) is 0. The van der Waals surface area contributed by atoms with Crippen LogP contribution < -0.4 is 9.75 Å². The van der Waals surface area contributed by atoms with E-state index in [2.05, 4.69) is 21.0 Å². The second-order valence-corrected chi connectivity index (χ2v) is 8.61. The molecule has 0 saturated carbocycles. The van der Waals surface area contributed by atoms with E-state index in [-0.39, 0.29) is 22.9 Å². The van der Waals surface area contributed by atoms with E-state index in [0.717, 1.165) is 5.56 Å². The van der Waals surface area contributed by atoms with Crippen LogP contribution in [-0.2, 0) is 11.4 Å². The zero-order valence-corrected chi connectivity index (χ0v) is 20.0. The Bertz CT molecular complexity index is 1400. The summed E-state index contributed by atoms with van der Waals surface area (Å²) >= 11 is 9.50. The molecule has 1 aliphatic rings. The number of ether oxygens (including phenoxy) is 1. The van der Waals surface area contributed by atoms with Crippen molar-refractivity contribution >= 4 is 50.9 Å². The van der Waals surface area contributed by atoms with E-state index in [4.69, 9.17) is 16.3 Å². The standard InChI is InChI=1S/C24H13BrClF5N2O2/c1-11-14(24(34)33(32-11)23-21(30)19(28)18(27)20(29)22(23)31)8-12-6-7-17(15(25)9-12)35-10-13-4-2-3-5-16(13)26/h2-9H,10H2,1H3/b14-8+. The molecule has 0 radical (unpaired) electrons. The summed E-state index contributed by atoms with van der Waals surface area (Å²) < 4.78 is 75.3. The van der Waals surface area contributed by atoms with Gasteiger partial charge in [0.1, 0.15) is 18.0 Å². The van der Waals surface area contributed by atoms with Crippen molar-refractivity contribution in [2.75, 3.05) is 5.01 Å². The Balaban J connectivity index is 1.60. The fourth-order valence-electron chi connectivity index (χ4n) is 3.28. The number of hydrogen-bond donors (Lipinski definition) is 0. The summed E-state index contributed by atoms with van der Waals surface area (Å²) in [4.78, 5) is 12.8. The van der Waals surface area contributed by atoms with Crippen molar-refractivity contribution in [1.29, 1.82) is 0 Å². The van der Waals surface area contributed by atoms with E-state index in [0.29, 0.717) is 20.8 Å². The van der Waals surface area contributed by atoms with Crippen LogP contribution in [0, 0.1) is 29.1 Å². The molecule has 1 aliphatic heterocycles. The maximum Gasteiger partial charge on any atom is 0.280 e. The molecular weight excluding hydrogens is 559 g/mol. The predicted molar refractivity (Wildman–Crippen MR) is 125 cm³/mol. The first kappa shape index (κ1) is 24.9. The number of carbonyl (C=O) groups excluding carboxylic acids is 1. The van der Waals surface area contributed by atoms with Gasteiger partial charge in [-0.2, -0.15) is 10.1 Å². The molecule has 1 amide bonds. The maximum atomic E-state index is 14.2. The molecule has 4 rings (SSSR count). The summed E-state index contributed by atoms with van der Waals surface area (Å²) in [5.41, 5.74) is -0.249. The van der Waals surface area contributed by atoms with Crippen LogP contribution in [0.4, 0.5) is 27.6 Å². The number of hydrazone groups is 1. The van der Waals surface area contributed by atoms with Crippen molar-refractivity contribution in [3.63, 3.8) is 0 Å². The average Bonchev–Trinajstić information content (AvgIpc) is 3.10. The van der Waals surface area contributed by atoms with Gasteiger partial charge in [0.05, 0.1) is 15.8 Å². The number of amides is 1. The van der Waals surface area contributed by atoms with E-state index in [1.54, 1.807) is 30.3 Å². The van der Waals surface area contributed by atoms with Gasteiger partial charge in [-0.05, 0) is 52.7 Å². The number of benzene rings is 3. The second kappa shape index (κ2) is 9.79. The molecule has 0 N–H and O–H groups in total. The minimum Gasteiger partial charge on any atom is -0.488 e. The van der Waals surface area contributed by atoms with Gasteiger partial charge in [-0.25, -0.2) is 22.0 Å². The molecule has 0 aromatic heterocycles. The number of halogens is 7. The number of rotatable bonds is 5. The predicted octanol–water partition coefficient (Wildman–Crippen LogP) is 7.18. The highest BCUT2D eigenvalue weighted by Gasteiger charge is 2.37. The summed E-state index contributed by atoms with van der Waals surface area (Å²) in [5, 5.41) is 4.42. The Kier molecular flexibility index (Phi) is 6.95. The molecule has 3 aromatic carbocycles. The highest BCUT2D eigenvalue weighted by atomic mass is 79.9. The normalized spacial score (nSPS) is 14.6. The summed E-state index contributed by atoms with van der Waals surface area (Å²) in [5.74, 6) is -11.6. The van der Waals surface area contributed by atoms with Crippen molar-refractivity contribution in [3.05, 3.63) is 97.7 Å². The molecule has 11 heteroatoms. The third-order valence-corrected chi connectivity index (χ3v) is 6.06. The SMILES string of the molecule is CC1=NN(c2c(F)c(F)c(F)c(F)c2F)C(=O)/C1=C/c1ccc(OCc2ccccc2Cl)c(Br)c1. The molecule has 35 heavy (non-hydrogen) atoms. The Hall–Kier alpha value is -3.24. The molecule has 0 spiro atoms. The Morgan fingerprint density at radius 2 is 1.63 bits per heavy atom. The highest BCUT2D eigenvalue weighted by molar-refractivity contribution is 9.10. The van der Waals surface area contributed by atoms with E-state index in [9.17, 15) is 26.7 Å². The van der Waals surface area contributed by atoms with Crippen LogP contribution in [0.2, 0.25) is 5.02 Å². The molecule has 1 heterocycles. The lowest BCUT2D eigenvalue weighted by Gasteiger charge is -2.15. The molecule has 0 bridgehead atoms. The van der Waals surface area contributed by atoms with E-state index < -0.39 is 40.7 Å². The first-order valence-electron chi connectivity index (χ1n) is 9.89. The van der Waals surface area contributed by atoms with E-state index in [1.807, 2.05) is 12.1 Å². The van der Waals surface area contributed by atoms with Gasteiger partial charge in [-0.1, -0.05) is 35.9 Å². The van der Waals surface area contributed by atoms with Gasteiger partial charge in [0.25, 0.3) is 5.91 Å². The van der Waals surface area contributed by atoms with Crippen molar-refractivity contribution in [2.45, 2.75) is 13.5 Å². The van der Waals surface area contributed by atoms with Gasteiger partial charge in [-0.3, -0.25) is 4.79 Å². The largest absolute Gasteiger partial charge is 0.488 e. The first-order chi connectivity index (χ1) is 16.6. The average molecular weight is 572 g/mol. The van der Waals surface area contributed by atoms with Gasteiger partial charge in [0.15, 0.2) is 23.3 Å². The minimum atomic E-state index is -2.33. The molecular formula is C24H13BrClF5N2O2.